The number of piperidine rings is 1. The first-order chi connectivity index (χ1) is 16.5. The lowest BCUT2D eigenvalue weighted by molar-refractivity contribution is -0.129. The minimum absolute atomic E-state index is 0.0154. The number of nitrogens with zero attached hydrogens (tertiary/aromatic N) is 1. The van der Waals surface area contributed by atoms with Crippen molar-refractivity contribution in [1.29, 1.82) is 0 Å². The molecule has 1 aliphatic heterocycles. The highest BCUT2D eigenvalue weighted by Gasteiger charge is 2.28. The quantitative estimate of drug-likeness (QED) is 0.196. The fourth-order valence-corrected chi connectivity index (χ4v) is 4.26. The van der Waals surface area contributed by atoms with Crippen molar-refractivity contribution in [2.24, 2.45) is 16.5 Å². The molecule has 0 spiro atoms. The van der Waals surface area contributed by atoms with Gasteiger partial charge in [-0.1, -0.05) is 67.1 Å². The molecule has 2 aromatic carbocycles. The molecule has 0 aromatic heterocycles. The van der Waals surface area contributed by atoms with Crippen LogP contribution in [0.4, 0.5) is 0 Å². The molecule has 8 nitrogen and oxygen atoms in total. The van der Waals surface area contributed by atoms with Crippen molar-refractivity contribution < 1.29 is 9.59 Å². The zero-order valence-electron chi connectivity index (χ0n) is 19.6. The van der Waals surface area contributed by atoms with Gasteiger partial charge in [0, 0.05) is 19.1 Å². The summed E-state index contributed by atoms with van der Waals surface area (Å²) < 4.78 is 0. The topological polar surface area (TPSA) is 135 Å². The van der Waals surface area contributed by atoms with Gasteiger partial charge < -0.3 is 27.4 Å². The highest BCUT2D eigenvalue weighted by Crippen LogP contribution is 2.25. The number of hydrogen-bond donors (Lipinski definition) is 5. The lowest BCUT2D eigenvalue weighted by Gasteiger charge is -2.26. The number of rotatable bonds is 11. The summed E-state index contributed by atoms with van der Waals surface area (Å²) >= 11 is 0. The van der Waals surface area contributed by atoms with E-state index in [1.54, 1.807) is 0 Å². The Bertz CT molecular complexity index is 885. The molecule has 1 aliphatic rings. The number of hydrogen-bond acceptors (Lipinski definition) is 4. The van der Waals surface area contributed by atoms with E-state index in [0.717, 1.165) is 36.9 Å². The SMILES string of the molecule is NC(N)=NCCC[C@@H](NC(=O)C(c1ccccc1)c1ccccc1)C(=O)NC[C@@H]1CCCCN1. The third-order valence-corrected chi connectivity index (χ3v) is 6.04. The molecule has 0 unspecified atom stereocenters. The van der Waals surface area contributed by atoms with Gasteiger partial charge in [0.15, 0.2) is 5.96 Å². The van der Waals surface area contributed by atoms with Crippen LogP contribution in [0.15, 0.2) is 65.7 Å². The summed E-state index contributed by atoms with van der Waals surface area (Å²) in [6, 6.07) is 18.8. The summed E-state index contributed by atoms with van der Waals surface area (Å²) in [5.41, 5.74) is 12.6. The molecule has 1 fully saturated rings. The van der Waals surface area contributed by atoms with E-state index in [1.165, 1.54) is 0 Å². The molecule has 34 heavy (non-hydrogen) atoms. The minimum Gasteiger partial charge on any atom is -0.370 e. The van der Waals surface area contributed by atoms with E-state index in [2.05, 4.69) is 20.9 Å². The number of nitrogens with one attached hydrogen (secondary N) is 3. The first-order valence-corrected chi connectivity index (χ1v) is 12.0. The summed E-state index contributed by atoms with van der Waals surface area (Å²) in [5.74, 6) is -0.905. The standard InChI is InChI=1S/C26H36N6O2/c27-26(28)30-17-9-15-22(24(33)31-18-21-14-7-8-16-29-21)32-25(34)23(19-10-3-1-4-11-19)20-12-5-2-6-13-20/h1-6,10-13,21-23,29H,7-9,14-18H2,(H,31,33)(H,32,34)(H4,27,28,30)/t21-,22+/m0/s1. The number of carbonyl (C=O) groups is 2. The molecule has 1 heterocycles. The normalized spacial score (nSPS) is 16.4. The number of carbonyl (C=O) groups excluding carboxylic acids is 2. The van der Waals surface area contributed by atoms with Crippen LogP contribution in [0.5, 0.6) is 0 Å². The van der Waals surface area contributed by atoms with Crippen molar-refractivity contribution in [3.63, 3.8) is 0 Å². The van der Waals surface area contributed by atoms with Crippen LogP contribution in [0.25, 0.3) is 0 Å². The lowest BCUT2D eigenvalue weighted by atomic mass is 9.90. The Morgan fingerprint density at radius 3 is 2.18 bits per heavy atom. The molecule has 3 rings (SSSR count). The maximum absolute atomic E-state index is 13.5. The molecule has 2 amide bonds. The molecule has 2 aromatic rings. The van der Waals surface area contributed by atoms with Gasteiger partial charge in [-0.2, -0.15) is 0 Å². The van der Waals surface area contributed by atoms with E-state index >= 15 is 0 Å². The van der Waals surface area contributed by atoms with Crippen LogP contribution >= 0.6 is 0 Å². The maximum Gasteiger partial charge on any atom is 0.242 e. The van der Waals surface area contributed by atoms with E-state index < -0.39 is 12.0 Å². The molecule has 0 radical (unpaired) electrons. The van der Waals surface area contributed by atoms with Gasteiger partial charge in [0.05, 0.1) is 5.92 Å². The van der Waals surface area contributed by atoms with Crippen molar-refractivity contribution >= 4 is 17.8 Å². The lowest BCUT2D eigenvalue weighted by Crippen LogP contribution is -2.51. The Morgan fingerprint density at radius 1 is 0.971 bits per heavy atom. The number of aliphatic imine (C=N–C) groups is 1. The largest absolute Gasteiger partial charge is 0.370 e. The molecule has 7 N–H and O–H groups in total. The Kier molecular flexibility index (Phi) is 9.91. The Labute approximate surface area is 201 Å². The summed E-state index contributed by atoms with van der Waals surface area (Å²) in [6.07, 6.45) is 4.35. The molecule has 182 valence electrons. The van der Waals surface area contributed by atoms with Gasteiger partial charge in [-0.15, -0.1) is 0 Å². The average Bonchev–Trinajstić information content (AvgIpc) is 2.86. The van der Waals surface area contributed by atoms with E-state index in [4.69, 9.17) is 11.5 Å². The molecule has 8 heteroatoms. The van der Waals surface area contributed by atoms with Crippen molar-refractivity contribution in [2.75, 3.05) is 19.6 Å². The van der Waals surface area contributed by atoms with Gasteiger partial charge in [-0.3, -0.25) is 14.6 Å². The number of guanidine groups is 1. The molecule has 0 aliphatic carbocycles. The van der Waals surface area contributed by atoms with Gasteiger partial charge in [0.1, 0.15) is 6.04 Å². The van der Waals surface area contributed by atoms with Crippen LogP contribution < -0.4 is 27.4 Å². The van der Waals surface area contributed by atoms with Gasteiger partial charge in [-0.05, 0) is 43.4 Å². The van der Waals surface area contributed by atoms with Crippen LogP contribution in [-0.4, -0.2) is 49.5 Å². The Balaban J connectivity index is 1.72. The second-order valence-corrected chi connectivity index (χ2v) is 8.66. The number of amides is 2. The van der Waals surface area contributed by atoms with Gasteiger partial charge >= 0.3 is 0 Å². The molecule has 1 saturated heterocycles. The van der Waals surface area contributed by atoms with Crippen LogP contribution in [0.2, 0.25) is 0 Å². The van der Waals surface area contributed by atoms with Crippen LogP contribution in [0.3, 0.4) is 0 Å². The number of nitrogens with two attached hydrogens (primary N) is 2. The summed E-state index contributed by atoms with van der Waals surface area (Å²) in [4.78, 5) is 30.6. The molecule has 0 saturated carbocycles. The summed E-state index contributed by atoms with van der Waals surface area (Å²) in [6.45, 7) is 1.90. The number of benzene rings is 2. The van der Waals surface area contributed by atoms with Gasteiger partial charge in [-0.25, -0.2) is 0 Å². The molecule has 2 atom stereocenters. The zero-order valence-corrected chi connectivity index (χ0v) is 19.6. The van der Waals surface area contributed by atoms with Crippen LogP contribution in [0, 0.1) is 0 Å². The second-order valence-electron chi connectivity index (χ2n) is 8.66. The zero-order chi connectivity index (χ0) is 24.2. The van der Waals surface area contributed by atoms with Crippen molar-refractivity contribution in [3.8, 4) is 0 Å². The highest BCUT2D eigenvalue weighted by atomic mass is 16.2. The Morgan fingerprint density at radius 2 is 1.62 bits per heavy atom. The van der Waals surface area contributed by atoms with E-state index in [-0.39, 0.29) is 23.8 Å². The van der Waals surface area contributed by atoms with E-state index in [1.807, 2.05) is 60.7 Å². The molecular weight excluding hydrogens is 428 g/mol. The summed E-state index contributed by atoms with van der Waals surface area (Å²) in [7, 11) is 0. The van der Waals surface area contributed by atoms with Crippen LogP contribution in [-0.2, 0) is 9.59 Å². The highest BCUT2D eigenvalue weighted by molar-refractivity contribution is 5.92. The van der Waals surface area contributed by atoms with E-state index in [0.29, 0.717) is 25.9 Å². The third kappa shape index (κ3) is 7.88. The predicted octanol–water partition coefficient (Wildman–Crippen LogP) is 1.62. The average molecular weight is 465 g/mol. The third-order valence-electron chi connectivity index (χ3n) is 6.04. The fraction of sp³-hybridized carbons (Fsp3) is 0.423. The van der Waals surface area contributed by atoms with Crippen molar-refractivity contribution in [2.45, 2.75) is 50.1 Å². The first-order valence-electron chi connectivity index (χ1n) is 12.0. The van der Waals surface area contributed by atoms with E-state index in [9.17, 15) is 9.59 Å². The molecular formula is C26H36N6O2. The maximum atomic E-state index is 13.5. The predicted molar refractivity (Wildman–Crippen MR) is 135 cm³/mol. The minimum atomic E-state index is -0.680. The fourth-order valence-electron chi connectivity index (χ4n) is 4.26. The van der Waals surface area contributed by atoms with Crippen molar-refractivity contribution in [1.82, 2.24) is 16.0 Å². The first kappa shape index (κ1) is 25.2. The second kappa shape index (κ2) is 13.3. The van der Waals surface area contributed by atoms with Crippen LogP contribution in [0.1, 0.15) is 49.1 Å². The summed E-state index contributed by atoms with van der Waals surface area (Å²) in [5, 5.41) is 9.46. The van der Waals surface area contributed by atoms with Crippen molar-refractivity contribution in [3.05, 3.63) is 71.8 Å². The monoisotopic (exact) mass is 464 g/mol. The van der Waals surface area contributed by atoms with Gasteiger partial charge in [0.2, 0.25) is 11.8 Å². The Hall–Kier alpha value is -3.39. The molecule has 0 bridgehead atoms. The van der Waals surface area contributed by atoms with Gasteiger partial charge in [0.25, 0.3) is 0 Å². The smallest absolute Gasteiger partial charge is 0.242 e.